The van der Waals surface area contributed by atoms with Crippen molar-refractivity contribution >= 4 is 22.7 Å². The molecule has 4 nitrogen and oxygen atoms in total. The Morgan fingerprint density at radius 2 is 0.889 bits per heavy atom. The van der Waals surface area contributed by atoms with E-state index in [1.807, 2.05) is 13.8 Å². The molecule has 0 radical (unpaired) electrons. The smallest absolute Gasteiger partial charge is 0.336 e. The standard InChI is InChI=1S/C32H38O4/c1-5-11-19-21-15-9-10-16-22(21)20(12-6-2)26-18-28-24(14-8-4)30(32(35)36)29(31(33)34)23(13-7-3)27(28)17-25(19)26/h9-10,15-16H,5-8,11-14,17-18H2,1-4H3,(H,33,34)(H,35,36). The summed E-state index contributed by atoms with van der Waals surface area (Å²) < 4.78 is 0. The Kier molecular flexibility index (Phi) is 7.82. The molecule has 0 saturated carbocycles. The van der Waals surface area contributed by atoms with Crippen molar-refractivity contribution in [3.05, 3.63) is 79.9 Å². The van der Waals surface area contributed by atoms with Crippen LogP contribution in [0.5, 0.6) is 0 Å². The van der Waals surface area contributed by atoms with Crippen LogP contribution in [0.2, 0.25) is 0 Å². The second-order valence-corrected chi connectivity index (χ2v) is 10.1. The van der Waals surface area contributed by atoms with Crippen LogP contribution in [-0.2, 0) is 38.5 Å². The van der Waals surface area contributed by atoms with Crippen molar-refractivity contribution in [2.75, 3.05) is 0 Å². The minimum absolute atomic E-state index is 0.0154. The van der Waals surface area contributed by atoms with E-state index in [0.717, 1.165) is 60.8 Å². The third kappa shape index (κ3) is 4.31. The van der Waals surface area contributed by atoms with Crippen LogP contribution >= 0.6 is 0 Å². The molecule has 0 fully saturated rings. The number of rotatable bonds is 10. The first-order valence-electron chi connectivity index (χ1n) is 13.6. The molecule has 0 spiro atoms. The van der Waals surface area contributed by atoms with Gasteiger partial charge in [0.15, 0.2) is 0 Å². The minimum atomic E-state index is -1.12. The minimum Gasteiger partial charge on any atom is -0.478 e. The van der Waals surface area contributed by atoms with Crippen LogP contribution in [0.15, 0.2) is 24.3 Å². The Labute approximate surface area is 214 Å². The van der Waals surface area contributed by atoms with Gasteiger partial charge in [0.25, 0.3) is 0 Å². The summed E-state index contributed by atoms with van der Waals surface area (Å²) in [4.78, 5) is 25.1. The highest BCUT2D eigenvalue weighted by Gasteiger charge is 2.33. The molecule has 0 heterocycles. The van der Waals surface area contributed by atoms with Crippen LogP contribution in [0, 0.1) is 0 Å². The van der Waals surface area contributed by atoms with Crippen LogP contribution in [0.4, 0.5) is 0 Å². The van der Waals surface area contributed by atoms with Crippen LogP contribution in [-0.4, -0.2) is 22.2 Å². The zero-order valence-electron chi connectivity index (χ0n) is 22.1. The van der Waals surface area contributed by atoms with E-state index >= 15 is 0 Å². The topological polar surface area (TPSA) is 74.6 Å². The van der Waals surface area contributed by atoms with Crippen molar-refractivity contribution in [1.82, 2.24) is 0 Å². The third-order valence-corrected chi connectivity index (χ3v) is 7.75. The molecule has 0 amide bonds. The van der Waals surface area contributed by atoms with E-state index < -0.39 is 11.9 Å². The lowest BCUT2D eigenvalue weighted by molar-refractivity contribution is 0.0649. The van der Waals surface area contributed by atoms with Crippen molar-refractivity contribution in [1.29, 1.82) is 0 Å². The largest absolute Gasteiger partial charge is 0.478 e. The first-order valence-corrected chi connectivity index (χ1v) is 13.6. The summed E-state index contributed by atoms with van der Waals surface area (Å²) in [7, 11) is 0. The van der Waals surface area contributed by atoms with Crippen molar-refractivity contribution in [3.8, 4) is 0 Å². The molecule has 4 rings (SSSR count). The van der Waals surface area contributed by atoms with E-state index in [4.69, 9.17) is 0 Å². The monoisotopic (exact) mass is 486 g/mol. The normalized spacial score (nSPS) is 12.4. The quantitative estimate of drug-likeness (QED) is 0.243. The first-order chi connectivity index (χ1) is 17.4. The van der Waals surface area contributed by atoms with E-state index in [-0.39, 0.29) is 11.1 Å². The highest BCUT2D eigenvalue weighted by atomic mass is 16.4. The Hall–Kier alpha value is -3.14. The van der Waals surface area contributed by atoms with Crippen molar-refractivity contribution < 1.29 is 19.8 Å². The summed E-state index contributed by atoms with van der Waals surface area (Å²) in [5.41, 5.74) is 9.11. The SMILES string of the molecule is CCCc1c2c(c(CCC)c(C(=O)O)c1C(=O)O)Cc1c(c(CCC)c3ccccc3c1CCC)C2. The van der Waals surface area contributed by atoms with Gasteiger partial charge in [-0.3, -0.25) is 0 Å². The van der Waals surface area contributed by atoms with Crippen LogP contribution < -0.4 is 0 Å². The maximum atomic E-state index is 12.5. The number of carboxylic acid groups (broad SMARTS) is 2. The first kappa shape index (κ1) is 25.9. The van der Waals surface area contributed by atoms with Gasteiger partial charge in [-0.1, -0.05) is 77.6 Å². The Morgan fingerprint density at radius 1 is 0.583 bits per heavy atom. The molecule has 3 aromatic rings. The van der Waals surface area contributed by atoms with Gasteiger partial charge in [-0.05, 0) is 93.8 Å². The molecule has 1 aliphatic rings. The average Bonchev–Trinajstić information content (AvgIpc) is 2.86. The van der Waals surface area contributed by atoms with Gasteiger partial charge in [-0.25, -0.2) is 9.59 Å². The van der Waals surface area contributed by atoms with Gasteiger partial charge in [-0.15, -0.1) is 0 Å². The fourth-order valence-corrected chi connectivity index (χ4v) is 6.47. The molecular formula is C32H38O4. The third-order valence-electron chi connectivity index (χ3n) is 7.75. The van der Waals surface area contributed by atoms with Gasteiger partial charge in [0.2, 0.25) is 0 Å². The van der Waals surface area contributed by atoms with E-state index in [9.17, 15) is 19.8 Å². The van der Waals surface area contributed by atoms with E-state index in [1.54, 1.807) is 0 Å². The summed E-state index contributed by atoms with van der Waals surface area (Å²) in [6.45, 7) is 8.48. The molecule has 1 aliphatic carbocycles. The van der Waals surface area contributed by atoms with Crippen molar-refractivity contribution in [3.63, 3.8) is 0 Å². The summed E-state index contributed by atoms with van der Waals surface area (Å²) in [5, 5.41) is 23.1. The number of benzene rings is 3. The predicted octanol–water partition coefficient (Wildman–Crippen LogP) is 7.54. The maximum Gasteiger partial charge on any atom is 0.336 e. The molecule has 0 aromatic heterocycles. The lowest BCUT2D eigenvalue weighted by atomic mass is 9.72. The number of hydrogen-bond acceptors (Lipinski definition) is 2. The number of carboxylic acids is 2. The Bertz CT molecular complexity index is 1230. The van der Waals surface area contributed by atoms with Crippen LogP contribution in [0.25, 0.3) is 10.8 Å². The number of aryl methyl sites for hydroxylation is 2. The summed E-state index contributed by atoms with van der Waals surface area (Å²) in [6.07, 6.45) is 8.10. The van der Waals surface area contributed by atoms with E-state index in [2.05, 4.69) is 38.1 Å². The second-order valence-electron chi connectivity index (χ2n) is 10.1. The van der Waals surface area contributed by atoms with Crippen LogP contribution in [0.1, 0.15) is 119 Å². The Balaban J connectivity index is 2.13. The molecule has 0 saturated heterocycles. The number of fused-ring (bicyclic) bond motifs is 3. The molecule has 0 unspecified atom stereocenters. The maximum absolute atomic E-state index is 12.5. The van der Waals surface area contributed by atoms with Gasteiger partial charge in [-0.2, -0.15) is 0 Å². The van der Waals surface area contributed by atoms with E-state index in [1.165, 1.54) is 33.0 Å². The summed E-state index contributed by atoms with van der Waals surface area (Å²) in [5.74, 6) is -2.25. The molecule has 0 atom stereocenters. The molecule has 36 heavy (non-hydrogen) atoms. The number of aromatic carboxylic acids is 2. The molecule has 0 aliphatic heterocycles. The van der Waals surface area contributed by atoms with Crippen molar-refractivity contribution in [2.45, 2.75) is 91.9 Å². The fraction of sp³-hybridized carbons (Fsp3) is 0.438. The second kappa shape index (κ2) is 10.9. The van der Waals surface area contributed by atoms with Gasteiger partial charge in [0.1, 0.15) is 0 Å². The molecule has 0 bridgehead atoms. The van der Waals surface area contributed by atoms with Gasteiger partial charge >= 0.3 is 11.9 Å². The number of carbonyl (C=O) groups is 2. The molecular weight excluding hydrogens is 448 g/mol. The average molecular weight is 487 g/mol. The zero-order chi connectivity index (χ0) is 26.0. The van der Waals surface area contributed by atoms with Crippen molar-refractivity contribution in [2.24, 2.45) is 0 Å². The lowest BCUT2D eigenvalue weighted by Gasteiger charge is -2.32. The Morgan fingerprint density at radius 3 is 1.19 bits per heavy atom. The highest BCUT2D eigenvalue weighted by Crippen LogP contribution is 2.43. The van der Waals surface area contributed by atoms with E-state index in [0.29, 0.717) is 25.7 Å². The number of hydrogen-bond donors (Lipinski definition) is 2. The predicted molar refractivity (Wildman–Crippen MR) is 146 cm³/mol. The highest BCUT2D eigenvalue weighted by molar-refractivity contribution is 6.05. The van der Waals surface area contributed by atoms with Gasteiger partial charge in [0, 0.05) is 0 Å². The fourth-order valence-electron chi connectivity index (χ4n) is 6.47. The lowest BCUT2D eigenvalue weighted by Crippen LogP contribution is -2.24. The summed E-state index contributed by atoms with van der Waals surface area (Å²) in [6, 6.07) is 8.70. The molecule has 3 aromatic carbocycles. The van der Waals surface area contributed by atoms with Gasteiger partial charge < -0.3 is 10.2 Å². The zero-order valence-corrected chi connectivity index (χ0v) is 22.1. The van der Waals surface area contributed by atoms with Gasteiger partial charge in [0.05, 0.1) is 11.1 Å². The molecule has 4 heteroatoms. The molecule has 190 valence electrons. The van der Waals surface area contributed by atoms with Crippen LogP contribution in [0.3, 0.4) is 0 Å². The molecule has 2 N–H and O–H groups in total. The summed E-state index contributed by atoms with van der Waals surface area (Å²) >= 11 is 0.